The summed E-state index contributed by atoms with van der Waals surface area (Å²) in [7, 11) is 0. The second-order valence-corrected chi connectivity index (χ2v) is 5.53. The topological polar surface area (TPSA) is 85.8 Å². The van der Waals surface area contributed by atoms with E-state index in [-0.39, 0.29) is 5.56 Å². The first-order chi connectivity index (χ1) is 10.4. The minimum atomic E-state index is -1.06. The second-order valence-electron chi connectivity index (χ2n) is 5.53. The van der Waals surface area contributed by atoms with Gasteiger partial charge < -0.3 is 5.11 Å². The van der Waals surface area contributed by atoms with E-state index in [1.54, 1.807) is 41.4 Å². The Morgan fingerprint density at radius 2 is 2.09 bits per heavy atom. The summed E-state index contributed by atoms with van der Waals surface area (Å²) in [4.78, 5) is 25.0. The smallest absolute Gasteiger partial charge is 0.278 e. The Kier molecular flexibility index (Phi) is 3.29. The van der Waals surface area contributed by atoms with Crippen LogP contribution in [0.3, 0.4) is 0 Å². The lowest BCUT2D eigenvalue weighted by Crippen LogP contribution is -2.23. The molecule has 3 heterocycles. The van der Waals surface area contributed by atoms with Gasteiger partial charge in [0.2, 0.25) is 0 Å². The molecule has 0 spiro atoms. The lowest BCUT2D eigenvalue weighted by Gasteiger charge is -2.18. The number of hydrogen-bond donors (Lipinski definition) is 1. The highest BCUT2D eigenvalue weighted by molar-refractivity contribution is 5.74. The molecule has 0 radical (unpaired) electrons. The zero-order valence-corrected chi connectivity index (χ0v) is 12.7. The number of aliphatic hydroxyl groups is 1. The largest absolute Gasteiger partial charge is 0.384 e. The van der Waals surface area contributed by atoms with Gasteiger partial charge in [0, 0.05) is 12.7 Å². The summed E-state index contributed by atoms with van der Waals surface area (Å²) in [6.07, 6.45) is 2.91. The molecule has 0 amide bonds. The second kappa shape index (κ2) is 5.03. The van der Waals surface area contributed by atoms with Crippen molar-refractivity contribution in [2.24, 2.45) is 0 Å². The van der Waals surface area contributed by atoms with Crippen LogP contribution < -0.4 is 5.56 Å². The molecule has 0 saturated carbocycles. The molecule has 0 aromatic carbocycles. The quantitative estimate of drug-likeness (QED) is 0.786. The van der Waals surface area contributed by atoms with E-state index in [1.807, 2.05) is 6.92 Å². The van der Waals surface area contributed by atoms with Crippen LogP contribution in [-0.2, 0) is 12.1 Å². The van der Waals surface area contributed by atoms with E-state index < -0.39 is 5.60 Å². The number of aromatic nitrogens is 5. The van der Waals surface area contributed by atoms with Gasteiger partial charge in [-0.05, 0) is 32.9 Å². The molecular formula is C15H17N5O2. The van der Waals surface area contributed by atoms with Crippen LogP contribution in [0.5, 0.6) is 0 Å². The van der Waals surface area contributed by atoms with Crippen LogP contribution in [0, 0.1) is 0 Å². The van der Waals surface area contributed by atoms with Gasteiger partial charge in [-0.25, -0.2) is 24.3 Å². The molecular weight excluding hydrogens is 282 g/mol. The van der Waals surface area contributed by atoms with Crippen molar-refractivity contribution in [1.29, 1.82) is 0 Å². The first-order valence-electron chi connectivity index (χ1n) is 7.05. The normalized spacial score (nSPS) is 12.0. The zero-order chi connectivity index (χ0) is 15.9. The third kappa shape index (κ3) is 2.19. The van der Waals surface area contributed by atoms with Crippen molar-refractivity contribution in [1.82, 2.24) is 24.3 Å². The predicted molar refractivity (Wildman–Crippen MR) is 81.8 cm³/mol. The lowest BCUT2D eigenvalue weighted by molar-refractivity contribution is 0.0738. The van der Waals surface area contributed by atoms with Gasteiger partial charge in [0.1, 0.15) is 17.3 Å². The number of rotatable bonds is 3. The van der Waals surface area contributed by atoms with E-state index in [4.69, 9.17) is 0 Å². The maximum Gasteiger partial charge on any atom is 0.278 e. The molecule has 3 rings (SSSR count). The molecule has 1 N–H and O–H groups in total. The minimum absolute atomic E-state index is 0.159. The highest BCUT2D eigenvalue weighted by atomic mass is 16.3. The van der Waals surface area contributed by atoms with Gasteiger partial charge >= 0.3 is 0 Å². The molecule has 22 heavy (non-hydrogen) atoms. The molecule has 0 aliphatic rings. The van der Waals surface area contributed by atoms with Gasteiger partial charge in [-0.2, -0.15) is 0 Å². The number of hydrogen-bond acceptors (Lipinski definition) is 5. The molecule has 0 bridgehead atoms. The Hall–Kier alpha value is -2.54. The highest BCUT2D eigenvalue weighted by Crippen LogP contribution is 2.20. The maximum atomic E-state index is 12.4. The van der Waals surface area contributed by atoms with Gasteiger partial charge in [0.25, 0.3) is 5.56 Å². The summed E-state index contributed by atoms with van der Waals surface area (Å²) in [5.41, 5.74) is -0.197. The van der Waals surface area contributed by atoms with Crippen LogP contribution in [-0.4, -0.2) is 29.4 Å². The van der Waals surface area contributed by atoms with E-state index in [0.717, 1.165) is 0 Å². The molecule has 114 valence electrons. The van der Waals surface area contributed by atoms with Gasteiger partial charge in [0.05, 0.1) is 5.69 Å². The summed E-state index contributed by atoms with van der Waals surface area (Å²) < 4.78 is 3.21. The summed E-state index contributed by atoms with van der Waals surface area (Å²) in [5, 5.41) is 10.6. The van der Waals surface area contributed by atoms with Crippen molar-refractivity contribution in [3.05, 3.63) is 46.8 Å². The molecule has 0 aliphatic carbocycles. The average Bonchev–Trinajstić information content (AvgIpc) is 2.79. The van der Waals surface area contributed by atoms with E-state index in [0.29, 0.717) is 29.1 Å². The summed E-state index contributed by atoms with van der Waals surface area (Å²) in [6.45, 7) is 5.69. The maximum absolute atomic E-state index is 12.4. The molecule has 0 fully saturated rings. The van der Waals surface area contributed by atoms with Gasteiger partial charge in [-0.1, -0.05) is 6.07 Å². The molecule has 3 aromatic rings. The van der Waals surface area contributed by atoms with Crippen molar-refractivity contribution in [2.45, 2.75) is 32.9 Å². The van der Waals surface area contributed by atoms with Crippen LogP contribution in [0.15, 0.2) is 35.5 Å². The molecule has 0 atom stereocenters. The van der Waals surface area contributed by atoms with Gasteiger partial charge in [-0.15, -0.1) is 0 Å². The van der Waals surface area contributed by atoms with E-state index in [2.05, 4.69) is 15.0 Å². The first-order valence-corrected chi connectivity index (χ1v) is 7.05. The SMILES string of the molecule is CCn1c(=O)c2cncnc2n1-c1cccc(C(C)(C)O)n1. The number of pyridine rings is 1. The van der Waals surface area contributed by atoms with Crippen LogP contribution in [0.25, 0.3) is 16.9 Å². The average molecular weight is 299 g/mol. The number of fused-ring (bicyclic) bond motifs is 1. The van der Waals surface area contributed by atoms with Gasteiger partial charge in [0.15, 0.2) is 11.5 Å². The standard InChI is InChI=1S/C15H17N5O2/c1-4-19-14(21)10-8-16-9-17-13(10)20(19)12-7-5-6-11(18-12)15(2,3)22/h5-9,22H,4H2,1-3H3. The summed E-state index contributed by atoms with van der Waals surface area (Å²) >= 11 is 0. The summed E-state index contributed by atoms with van der Waals surface area (Å²) in [6, 6.07) is 5.33. The summed E-state index contributed by atoms with van der Waals surface area (Å²) in [5.74, 6) is 0.535. The van der Waals surface area contributed by atoms with E-state index in [9.17, 15) is 9.90 Å². The Balaban J connectivity index is 2.33. The molecule has 0 saturated heterocycles. The minimum Gasteiger partial charge on any atom is -0.384 e. The van der Waals surface area contributed by atoms with Crippen molar-refractivity contribution >= 4 is 11.0 Å². The third-order valence-electron chi connectivity index (χ3n) is 3.48. The van der Waals surface area contributed by atoms with Crippen LogP contribution >= 0.6 is 0 Å². The predicted octanol–water partition coefficient (Wildman–Crippen LogP) is 1.22. The molecule has 0 aliphatic heterocycles. The van der Waals surface area contributed by atoms with Crippen molar-refractivity contribution in [3.63, 3.8) is 0 Å². The van der Waals surface area contributed by atoms with Crippen LogP contribution in [0.4, 0.5) is 0 Å². The van der Waals surface area contributed by atoms with Crippen molar-refractivity contribution in [3.8, 4) is 5.82 Å². The zero-order valence-electron chi connectivity index (χ0n) is 12.7. The molecule has 7 heteroatoms. The third-order valence-corrected chi connectivity index (χ3v) is 3.48. The van der Waals surface area contributed by atoms with Crippen molar-refractivity contribution in [2.75, 3.05) is 0 Å². The Morgan fingerprint density at radius 3 is 2.77 bits per heavy atom. The van der Waals surface area contributed by atoms with Gasteiger partial charge in [-0.3, -0.25) is 4.79 Å². The lowest BCUT2D eigenvalue weighted by atomic mass is 10.1. The molecule has 0 unspecified atom stereocenters. The van der Waals surface area contributed by atoms with E-state index >= 15 is 0 Å². The van der Waals surface area contributed by atoms with E-state index in [1.165, 1.54) is 12.5 Å². The highest BCUT2D eigenvalue weighted by Gasteiger charge is 2.20. The van der Waals surface area contributed by atoms with Crippen molar-refractivity contribution < 1.29 is 5.11 Å². The Labute approximate surface area is 126 Å². The van der Waals surface area contributed by atoms with Crippen LogP contribution in [0.2, 0.25) is 0 Å². The Bertz CT molecular complexity index is 889. The van der Waals surface area contributed by atoms with Crippen LogP contribution in [0.1, 0.15) is 26.5 Å². The monoisotopic (exact) mass is 299 g/mol. The first kappa shape index (κ1) is 14.4. The molecule has 7 nitrogen and oxygen atoms in total. The molecule has 3 aromatic heterocycles. The Morgan fingerprint density at radius 1 is 1.32 bits per heavy atom. The fourth-order valence-electron chi connectivity index (χ4n) is 2.39. The fraction of sp³-hybridized carbons (Fsp3) is 0.333. The fourth-order valence-corrected chi connectivity index (χ4v) is 2.39. The number of nitrogens with zero attached hydrogens (tertiary/aromatic N) is 5.